The molecule has 1 N–H and O–H groups in total. The summed E-state index contributed by atoms with van der Waals surface area (Å²) >= 11 is 0. The Kier molecular flexibility index (Phi) is 7.28. The number of nitrogens with zero attached hydrogens (tertiary/aromatic N) is 3. The Morgan fingerprint density at radius 2 is 1.70 bits per heavy atom. The largest absolute Gasteiger partial charge is 0.484 e. The number of hydrazone groups is 1. The third kappa shape index (κ3) is 5.95. The lowest BCUT2D eigenvalue weighted by Crippen LogP contribution is -2.24. The van der Waals surface area contributed by atoms with Crippen molar-refractivity contribution in [2.45, 2.75) is 19.8 Å². The van der Waals surface area contributed by atoms with E-state index in [1.807, 2.05) is 91.1 Å². The minimum absolute atomic E-state index is 0.112. The third-order valence-corrected chi connectivity index (χ3v) is 5.04. The summed E-state index contributed by atoms with van der Waals surface area (Å²) in [5.41, 5.74) is 7.26. The lowest BCUT2D eigenvalue weighted by molar-refractivity contribution is -0.123. The smallest absolute Gasteiger partial charge is 0.277 e. The van der Waals surface area contributed by atoms with Crippen molar-refractivity contribution in [2.75, 3.05) is 6.61 Å². The summed E-state index contributed by atoms with van der Waals surface area (Å²) in [6.45, 7) is 2.03. The van der Waals surface area contributed by atoms with Crippen LogP contribution >= 0.6 is 0 Å². The number of carbonyl (C=O) groups is 1. The van der Waals surface area contributed by atoms with Crippen LogP contribution in [0.2, 0.25) is 0 Å². The number of para-hydroxylation sites is 1. The van der Waals surface area contributed by atoms with Gasteiger partial charge in [0.05, 0.1) is 11.9 Å². The molecule has 33 heavy (non-hydrogen) atoms. The van der Waals surface area contributed by atoms with Crippen molar-refractivity contribution in [2.24, 2.45) is 5.10 Å². The van der Waals surface area contributed by atoms with E-state index in [0.29, 0.717) is 5.75 Å². The van der Waals surface area contributed by atoms with Crippen LogP contribution in [0.4, 0.5) is 0 Å². The molecular formula is C27H26N4O2. The van der Waals surface area contributed by atoms with Gasteiger partial charge in [0.2, 0.25) is 0 Å². The van der Waals surface area contributed by atoms with Crippen molar-refractivity contribution in [3.05, 3.63) is 102 Å². The molecule has 166 valence electrons. The van der Waals surface area contributed by atoms with Gasteiger partial charge in [-0.2, -0.15) is 10.2 Å². The maximum Gasteiger partial charge on any atom is 0.277 e. The Hall–Kier alpha value is -4.19. The quantitative estimate of drug-likeness (QED) is 0.295. The molecule has 6 heteroatoms. The summed E-state index contributed by atoms with van der Waals surface area (Å²) in [6.07, 6.45) is 5.62. The van der Waals surface area contributed by atoms with Gasteiger partial charge in [0.25, 0.3) is 5.91 Å². The van der Waals surface area contributed by atoms with Crippen molar-refractivity contribution in [3.8, 4) is 22.7 Å². The number of amides is 1. The molecule has 0 unspecified atom stereocenters. The highest BCUT2D eigenvalue weighted by molar-refractivity contribution is 5.89. The van der Waals surface area contributed by atoms with E-state index in [2.05, 4.69) is 17.5 Å². The molecule has 0 spiro atoms. The summed E-state index contributed by atoms with van der Waals surface area (Å²) in [4.78, 5) is 12.2. The first-order chi connectivity index (χ1) is 16.2. The van der Waals surface area contributed by atoms with Crippen LogP contribution in [0.15, 0.2) is 96.2 Å². The van der Waals surface area contributed by atoms with Gasteiger partial charge >= 0.3 is 0 Å². The average Bonchev–Trinajstić information content (AvgIpc) is 3.29. The highest BCUT2D eigenvalue weighted by Crippen LogP contribution is 2.22. The van der Waals surface area contributed by atoms with Gasteiger partial charge in [-0.15, -0.1) is 0 Å². The number of carbonyl (C=O) groups excluding carboxylic acids is 1. The minimum atomic E-state index is -0.333. The topological polar surface area (TPSA) is 68.5 Å². The van der Waals surface area contributed by atoms with Crippen LogP contribution in [0.1, 0.15) is 24.5 Å². The molecule has 4 aromatic rings. The van der Waals surface area contributed by atoms with E-state index < -0.39 is 0 Å². The van der Waals surface area contributed by atoms with Crippen LogP contribution in [0.25, 0.3) is 16.9 Å². The molecule has 0 saturated carbocycles. The van der Waals surface area contributed by atoms with Crippen LogP contribution in [0.3, 0.4) is 0 Å². The van der Waals surface area contributed by atoms with Crippen molar-refractivity contribution >= 4 is 12.1 Å². The molecule has 0 aliphatic heterocycles. The zero-order valence-electron chi connectivity index (χ0n) is 18.5. The second-order valence-electron chi connectivity index (χ2n) is 7.55. The lowest BCUT2D eigenvalue weighted by Gasteiger charge is -2.06. The molecule has 0 radical (unpaired) electrons. The van der Waals surface area contributed by atoms with Crippen LogP contribution in [-0.4, -0.2) is 28.5 Å². The number of benzene rings is 3. The fraction of sp³-hybridized carbons (Fsp3) is 0.148. The number of hydrogen-bond donors (Lipinski definition) is 1. The molecule has 6 nitrogen and oxygen atoms in total. The molecule has 0 aliphatic carbocycles. The Bertz CT molecular complexity index is 1200. The van der Waals surface area contributed by atoms with Crippen LogP contribution in [-0.2, 0) is 11.2 Å². The van der Waals surface area contributed by atoms with E-state index in [1.54, 1.807) is 10.9 Å². The molecule has 0 aliphatic rings. The zero-order chi connectivity index (χ0) is 22.9. The van der Waals surface area contributed by atoms with Gasteiger partial charge in [-0.25, -0.2) is 10.1 Å². The maximum atomic E-state index is 12.2. The van der Waals surface area contributed by atoms with Crippen molar-refractivity contribution in [1.82, 2.24) is 15.2 Å². The van der Waals surface area contributed by atoms with E-state index in [-0.39, 0.29) is 12.5 Å². The fourth-order valence-electron chi connectivity index (χ4n) is 3.41. The van der Waals surface area contributed by atoms with E-state index in [0.717, 1.165) is 35.3 Å². The first kappa shape index (κ1) is 22.0. The maximum absolute atomic E-state index is 12.2. The average molecular weight is 439 g/mol. The van der Waals surface area contributed by atoms with E-state index in [4.69, 9.17) is 9.84 Å². The number of rotatable bonds is 9. The van der Waals surface area contributed by atoms with Crippen molar-refractivity contribution < 1.29 is 9.53 Å². The third-order valence-electron chi connectivity index (χ3n) is 5.04. The zero-order valence-corrected chi connectivity index (χ0v) is 18.5. The fourth-order valence-corrected chi connectivity index (χ4v) is 3.41. The molecule has 0 atom stereocenters. The summed E-state index contributed by atoms with van der Waals surface area (Å²) in [5, 5.41) is 8.86. The summed E-state index contributed by atoms with van der Waals surface area (Å²) in [5.74, 6) is 0.324. The molecule has 1 aromatic heterocycles. The van der Waals surface area contributed by atoms with Crippen molar-refractivity contribution in [3.63, 3.8) is 0 Å². The summed E-state index contributed by atoms with van der Waals surface area (Å²) in [6, 6.07) is 27.5. The molecule has 0 fully saturated rings. The second kappa shape index (κ2) is 10.9. The second-order valence-corrected chi connectivity index (χ2v) is 7.55. The number of aryl methyl sites for hydroxylation is 1. The van der Waals surface area contributed by atoms with Gasteiger partial charge in [-0.05, 0) is 36.2 Å². The number of aromatic nitrogens is 2. The van der Waals surface area contributed by atoms with Crippen LogP contribution in [0, 0.1) is 0 Å². The standard InChI is InChI=1S/C27H26N4O2/c1-2-9-21-14-16-25(17-15-21)33-20-26(32)29-28-18-23-19-31(24-12-7-4-8-13-24)30-27(23)22-10-5-3-6-11-22/h3-8,10-19H,2,9,20H2,1H3,(H,29,32)/b28-18-. The number of nitrogens with one attached hydrogen (secondary N) is 1. The Labute approximate surface area is 193 Å². The first-order valence-electron chi connectivity index (χ1n) is 11.0. The lowest BCUT2D eigenvalue weighted by atomic mass is 10.1. The van der Waals surface area contributed by atoms with Gasteiger partial charge in [0.1, 0.15) is 11.4 Å². The number of hydrogen-bond acceptors (Lipinski definition) is 4. The van der Waals surface area contributed by atoms with Crippen LogP contribution in [0.5, 0.6) is 5.75 Å². The van der Waals surface area contributed by atoms with Crippen LogP contribution < -0.4 is 10.2 Å². The molecule has 3 aromatic carbocycles. The SMILES string of the molecule is CCCc1ccc(OCC(=O)N/N=C\c2cn(-c3ccccc3)nc2-c2ccccc2)cc1. The molecule has 0 saturated heterocycles. The predicted molar refractivity (Wildman–Crippen MR) is 131 cm³/mol. The summed E-state index contributed by atoms with van der Waals surface area (Å²) < 4.78 is 7.36. The van der Waals surface area contributed by atoms with Crippen molar-refractivity contribution in [1.29, 1.82) is 0 Å². The Morgan fingerprint density at radius 1 is 1.00 bits per heavy atom. The predicted octanol–water partition coefficient (Wildman–Crippen LogP) is 5.02. The molecular weight excluding hydrogens is 412 g/mol. The highest BCUT2D eigenvalue weighted by Gasteiger charge is 2.11. The highest BCUT2D eigenvalue weighted by atomic mass is 16.5. The van der Waals surface area contributed by atoms with Gasteiger partial charge in [0, 0.05) is 17.3 Å². The van der Waals surface area contributed by atoms with Gasteiger partial charge in [-0.1, -0.05) is 74.0 Å². The molecule has 1 amide bonds. The normalized spacial score (nSPS) is 10.9. The van der Waals surface area contributed by atoms with E-state index in [9.17, 15) is 4.79 Å². The van der Waals surface area contributed by atoms with Gasteiger partial charge in [-0.3, -0.25) is 4.79 Å². The van der Waals surface area contributed by atoms with E-state index >= 15 is 0 Å². The monoisotopic (exact) mass is 438 g/mol. The summed E-state index contributed by atoms with van der Waals surface area (Å²) in [7, 11) is 0. The molecule has 0 bridgehead atoms. The number of ether oxygens (including phenoxy) is 1. The Balaban J connectivity index is 1.42. The molecule has 4 rings (SSSR count). The van der Waals surface area contributed by atoms with Gasteiger partial charge in [0.15, 0.2) is 6.61 Å². The minimum Gasteiger partial charge on any atom is -0.484 e. The first-order valence-corrected chi connectivity index (χ1v) is 11.0. The van der Waals surface area contributed by atoms with Gasteiger partial charge < -0.3 is 4.74 Å². The Morgan fingerprint density at radius 3 is 2.39 bits per heavy atom. The van der Waals surface area contributed by atoms with E-state index in [1.165, 1.54) is 5.56 Å². The molecule has 1 heterocycles.